The summed E-state index contributed by atoms with van der Waals surface area (Å²) in [4.78, 5) is 13.3. The van der Waals surface area contributed by atoms with E-state index in [-0.39, 0.29) is 37.8 Å². The Balaban J connectivity index is 1.67. The van der Waals surface area contributed by atoms with Crippen molar-refractivity contribution in [2.24, 2.45) is 0 Å². The number of carbonyl (C=O) groups is 1. The van der Waals surface area contributed by atoms with E-state index in [0.717, 1.165) is 5.56 Å². The van der Waals surface area contributed by atoms with Gasteiger partial charge in [-0.1, -0.05) is 17.7 Å². The van der Waals surface area contributed by atoms with Crippen LogP contribution in [0.3, 0.4) is 0 Å². The molecule has 2 rings (SSSR count). The Morgan fingerprint density at radius 3 is 2.33 bits per heavy atom. The summed E-state index contributed by atoms with van der Waals surface area (Å²) >= 11 is 0. The van der Waals surface area contributed by atoms with E-state index in [4.69, 9.17) is 13.7 Å². The average molecular weight is 401 g/mol. The summed E-state index contributed by atoms with van der Waals surface area (Å²) < 4.78 is 39.5. The Morgan fingerprint density at radius 2 is 1.78 bits per heavy atom. The minimum absolute atomic E-state index is 0.000160. The fourth-order valence-corrected chi connectivity index (χ4v) is 3.34. The summed E-state index contributed by atoms with van der Waals surface area (Å²) in [6, 6.07) is 6.34. The zero-order valence-corrected chi connectivity index (χ0v) is 16.9. The summed E-state index contributed by atoms with van der Waals surface area (Å²) in [6.45, 7) is 7.18. The van der Waals surface area contributed by atoms with E-state index < -0.39 is 27.4 Å². The molecular weight excluding hydrogens is 374 g/mol. The van der Waals surface area contributed by atoms with Gasteiger partial charge in [-0.05, 0) is 39.8 Å². The topological polar surface area (TPSA) is 102 Å². The number of amides is 1. The van der Waals surface area contributed by atoms with Crippen LogP contribution in [0, 0.1) is 6.92 Å². The molecule has 0 aliphatic carbocycles. The maximum absolute atomic E-state index is 12.0. The Labute approximate surface area is 160 Å². The monoisotopic (exact) mass is 401 g/mol. The maximum atomic E-state index is 12.0. The zero-order chi connectivity index (χ0) is 20.3. The quantitative estimate of drug-likeness (QED) is 0.548. The second kappa shape index (κ2) is 8.14. The Kier molecular flexibility index (Phi) is 6.51. The molecule has 1 amide bonds. The highest BCUT2D eigenvalue weighted by atomic mass is 32.2. The number of ether oxygens (including phenoxy) is 2. The third kappa shape index (κ3) is 6.46. The first-order valence-electron chi connectivity index (χ1n) is 8.64. The molecule has 1 N–H and O–H groups in total. The van der Waals surface area contributed by atoms with Gasteiger partial charge >= 0.3 is 6.09 Å². The van der Waals surface area contributed by atoms with Crippen molar-refractivity contribution in [2.75, 3.05) is 32.9 Å². The van der Waals surface area contributed by atoms with Crippen molar-refractivity contribution in [3.63, 3.8) is 0 Å². The number of benzene rings is 1. The lowest BCUT2D eigenvalue weighted by Gasteiger charge is -2.45. The van der Waals surface area contributed by atoms with Crippen LogP contribution in [-0.4, -0.2) is 68.6 Å². The molecule has 0 aromatic heterocycles. The number of hydrogen-bond donors (Lipinski definition) is 1. The van der Waals surface area contributed by atoms with Gasteiger partial charge in [-0.3, -0.25) is 4.18 Å². The minimum atomic E-state index is -3.83. The van der Waals surface area contributed by atoms with Crippen LogP contribution in [-0.2, 0) is 23.8 Å². The van der Waals surface area contributed by atoms with Gasteiger partial charge in [0.05, 0.1) is 37.8 Å². The SMILES string of the molecule is Cc1ccc(S(=O)(=O)OCCOCC2(O)CN(C(=O)OC(C)(C)C)C2)cc1. The maximum Gasteiger partial charge on any atom is 0.410 e. The van der Waals surface area contributed by atoms with Crippen LogP contribution in [0.5, 0.6) is 0 Å². The van der Waals surface area contributed by atoms with Crippen molar-refractivity contribution in [1.29, 1.82) is 0 Å². The molecule has 0 atom stereocenters. The fourth-order valence-electron chi connectivity index (χ4n) is 2.45. The molecule has 8 nitrogen and oxygen atoms in total. The van der Waals surface area contributed by atoms with E-state index in [2.05, 4.69) is 0 Å². The molecule has 0 radical (unpaired) electrons. The summed E-state index contributed by atoms with van der Waals surface area (Å²) in [5, 5.41) is 10.3. The molecule has 1 fully saturated rings. The zero-order valence-electron chi connectivity index (χ0n) is 16.1. The first kappa shape index (κ1) is 21.6. The van der Waals surface area contributed by atoms with Gasteiger partial charge in [0.1, 0.15) is 11.2 Å². The van der Waals surface area contributed by atoms with Crippen LogP contribution >= 0.6 is 0 Å². The van der Waals surface area contributed by atoms with Gasteiger partial charge < -0.3 is 19.5 Å². The molecule has 0 unspecified atom stereocenters. The van der Waals surface area contributed by atoms with Gasteiger partial charge in [0.15, 0.2) is 0 Å². The van der Waals surface area contributed by atoms with Gasteiger partial charge in [-0.2, -0.15) is 8.42 Å². The number of nitrogens with zero attached hydrogens (tertiary/aromatic N) is 1. The van der Waals surface area contributed by atoms with Crippen molar-refractivity contribution in [3.8, 4) is 0 Å². The molecule has 1 heterocycles. The largest absolute Gasteiger partial charge is 0.444 e. The number of rotatable bonds is 7. The van der Waals surface area contributed by atoms with Crippen LogP contribution in [0.1, 0.15) is 26.3 Å². The van der Waals surface area contributed by atoms with E-state index >= 15 is 0 Å². The van der Waals surface area contributed by atoms with Gasteiger partial charge in [0.2, 0.25) is 0 Å². The highest BCUT2D eigenvalue weighted by Crippen LogP contribution is 2.23. The van der Waals surface area contributed by atoms with Crippen molar-refractivity contribution >= 4 is 16.2 Å². The number of likely N-dealkylation sites (tertiary alicyclic amines) is 1. The van der Waals surface area contributed by atoms with Crippen LogP contribution in [0.25, 0.3) is 0 Å². The van der Waals surface area contributed by atoms with E-state index in [1.54, 1.807) is 32.9 Å². The van der Waals surface area contributed by atoms with Crippen molar-refractivity contribution < 1.29 is 32.0 Å². The molecule has 0 spiro atoms. The fraction of sp³-hybridized carbons (Fsp3) is 0.611. The molecule has 0 saturated carbocycles. The number of β-amino-alcohol motifs (C(OH)–C–C–N with tert-alkyl or cyclic N) is 1. The molecule has 1 aliphatic heterocycles. The molecule has 0 bridgehead atoms. The van der Waals surface area contributed by atoms with Crippen LogP contribution in [0.4, 0.5) is 4.79 Å². The smallest absolute Gasteiger partial charge is 0.410 e. The lowest BCUT2D eigenvalue weighted by Crippen LogP contribution is -2.66. The molecular formula is C18H27NO7S. The summed E-state index contributed by atoms with van der Waals surface area (Å²) in [6.07, 6.45) is -0.486. The lowest BCUT2D eigenvalue weighted by molar-refractivity contribution is -0.137. The first-order chi connectivity index (χ1) is 12.4. The van der Waals surface area contributed by atoms with Crippen molar-refractivity contribution in [3.05, 3.63) is 29.8 Å². The average Bonchev–Trinajstić information content (AvgIpc) is 2.50. The Morgan fingerprint density at radius 1 is 1.19 bits per heavy atom. The Hall–Kier alpha value is -1.68. The minimum Gasteiger partial charge on any atom is -0.444 e. The first-order valence-corrected chi connectivity index (χ1v) is 10.1. The third-order valence-corrected chi connectivity index (χ3v) is 5.10. The molecule has 9 heteroatoms. The molecule has 1 aromatic rings. The molecule has 152 valence electrons. The van der Waals surface area contributed by atoms with Gasteiger partial charge in [-0.25, -0.2) is 4.79 Å². The third-order valence-electron chi connectivity index (χ3n) is 3.77. The van der Waals surface area contributed by atoms with Crippen molar-refractivity contribution in [1.82, 2.24) is 4.90 Å². The number of aliphatic hydroxyl groups is 1. The Bertz CT molecular complexity index is 747. The molecule has 1 aromatic carbocycles. The second-order valence-electron chi connectivity index (χ2n) is 7.70. The summed E-state index contributed by atoms with van der Waals surface area (Å²) in [5.41, 5.74) is -0.805. The summed E-state index contributed by atoms with van der Waals surface area (Å²) in [7, 11) is -3.83. The molecule has 1 saturated heterocycles. The highest BCUT2D eigenvalue weighted by Gasteiger charge is 2.45. The van der Waals surface area contributed by atoms with Crippen LogP contribution < -0.4 is 0 Å². The number of aryl methyl sites for hydroxylation is 1. The summed E-state index contributed by atoms with van der Waals surface area (Å²) in [5.74, 6) is 0. The van der Waals surface area contributed by atoms with Crippen LogP contribution in [0.15, 0.2) is 29.2 Å². The van der Waals surface area contributed by atoms with Gasteiger partial charge in [0.25, 0.3) is 10.1 Å². The van der Waals surface area contributed by atoms with Crippen molar-refractivity contribution in [2.45, 2.75) is 43.8 Å². The number of carbonyl (C=O) groups excluding carboxylic acids is 1. The molecule has 27 heavy (non-hydrogen) atoms. The van der Waals surface area contributed by atoms with E-state index in [1.807, 2.05) is 6.92 Å². The second-order valence-corrected chi connectivity index (χ2v) is 9.32. The standard InChI is InChI=1S/C18H27NO7S/c1-14-5-7-15(8-6-14)27(22,23)25-10-9-24-13-18(21)11-19(12-18)16(20)26-17(2,3)4/h5-8,21H,9-13H2,1-4H3. The van der Waals surface area contributed by atoms with E-state index in [9.17, 15) is 18.3 Å². The van der Waals surface area contributed by atoms with E-state index in [0.29, 0.717) is 0 Å². The van der Waals surface area contributed by atoms with E-state index in [1.165, 1.54) is 17.0 Å². The highest BCUT2D eigenvalue weighted by molar-refractivity contribution is 7.86. The molecule has 1 aliphatic rings. The predicted octanol–water partition coefficient (Wildman–Crippen LogP) is 1.70. The van der Waals surface area contributed by atoms with Gasteiger partial charge in [0, 0.05) is 0 Å². The lowest BCUT2D eigenvalue weighted by atomic mass is 9.96. The normalized spacial score (nSPS) is 16.7. The van der Waals surface area contributed by atoms with Crippen LogP contribution in [0.2, 0.25) is 0 Å². The predicted molar refractivity (Wildman–Crippen MR) is 97.9 cm³/mol. The number of hydrogen-bond acceptors (Lipinski definition) is 7. The van der Waals surface area contributed by atoms with Gasteiger partial charge in [-0.15, -0.1) is 0 Å².